The maximum absolute atomic E-state index is 12.8. The maximum atomic E-state index is 12.8. The fourth-order valence-corrected chi connectivity index (χ4v) is 2.10. The molecule has 0 fully saturated rings. The third-order valence-corrected chi connectivity index (χ3v) is 3.28. The van der Waals surface area contributed by atoms with Gasteiger partial charge in [0.05, 0.1) is 20.1 Å². The molecule has 23 heavy (non-hydrogen) atoms. The molecule has 1 N–H and O–H groups in total. The first-order chi connectivity index (χ1) is 11.1. The zero-order valence-electron chi connectivity index (χ0n) is 13.3. The highest BCUT2D eigenvalue weighted by molar-refractivity contribution is 5.78. The van der Waals surface area contributed by atoms with E-state index in [1.54, 1.807) is 19.2 Å². The average molecular weight is 317 g/mol. The Labute approximate surface area is 135 Å². The maximum Gasteiger partial charge on any atom is 0.224 e. The largest absolute Gasteiger partial charge is 0.493 e. The van der Waals surface area contributed by atoms with Crippen molar-refractivity contribution in [3.63, 3.8) is 0 Å². The second-order valence-corrected chi connectivity index (χ2v) is 5.16. The zero-order chi connectivity index (χ0) is 16.7. The number of carbonyl (C=O) groups excluding carboxylic acids is 1. The van der Waals surface area contributed by atoms with Crippen LogP contribution in [0.15, 0.2) is 42.5 Å². The number of aryl methyl sites for hydroxylation is 1. The minimum Gasteiger partial charge on any atom is -0.493 e. The number of nitrogens with one attached hydrogen (secondary N) is 1. The highest BCUT2D eigenvalue weighted by Crippen LogP contribution is 2.27. The van der Waals surface area contributed by atoms with Crippen molar-refractivity contribution in [2.45, 2.75) is 13.3 Å². The van der Waals surface area contributed by atoms with Crippen LogP contribution in [0.25, 0.3) is 0 Å². The lowest BCUT2D eigenvalue weighted by Gasteiger charge is -2.11. The number of hydrogen-bond acceptors (Lipinski definition) is 3. The molecule has 0 aromatic heterocycles. The van der Waals surface area contributed by atoms with Crippen LogP contribution in [0.4, 0.5) is 4.39 Å². The summed E-state index contributed by atoms with van der Waals surface area (Å²) in [5.74, 6) is 0.874. The van der Waals surface area contributed by atoms with Crippen molar-refractivity contribution in [2.24, 2.45) is 0 Å². The number of hydrogen-bond donors (Lipinski definition) is 1. The van der Waals surface area contributed by atoms with E-state index in [9.17, 15) is 9.18 Å². The van der Waals surface area contributed by atoms with Gasteiger partial charge in [0.25, 0.3) is 0 Å². The predicted molar refractivity (Wildman–Crippen MR) is 86.3 cm³/mol. The summed E-state index contributed by atoms with van der Waals surface area (Å²) >= 11 is 0. The van der Waals surface area contributed by atoms with Gasteiger partial charge in [-0.2, -0.15) is 0 Å². The molecule has 1 amide bonds. The molecule has 0 aliphatic carbocycles. The third kappa shape index (κ3) is 5.29. The second-order valence-electron chi connectivity index (χ2n) is 5.16. The SMILES string of the molecule is COc1cc(C)ccc1OCCNC(=O)Cc1ccc(F)cc1. The van der Waals surface area contributed by atoms with Crippen LogP contribution in [0.5, 0.6) is 11.5 Å². The Hall–Kier alpha value is -2.56. The van der Waals surface area contributed by atoms with Crippen LogP contribution >= 0.6 is 0 Å². The number of amides is 1. The van der Waals surface area contributed by atoms with Crippen LogP contribution < -0.4 is 14.8 Å². The van der Waals surface area contributed by atoms with Crippen molar-refractivity contribution in [1.29, 1.82) is 0 Å². The molecule has 0 saturated carbocycles. The Morgan fingerprint density at radius 2 is 1.87 bits per heavy atom. The van der Waals surface area contributed by atoms with Gasteiger partial charge in [-0.3, -0.25) is 4.79 Å². The average Bonchev–Trinajstić information content (AvgIpc) is 2.54. The predicted octanol–water partition coefficient (Wildman–Crippen LogP) is 2.88. The van der Waals surface area contributed by atoms with E-state index in [1.807, 2.05) is 25.1 Å². The fourth-order valence-electron chi connectivity index (χ4n) is 2.10. The summed E-state index contributed by atoms with van der Waals surface area (Å²) < 4.78 is 23.7. The monoisotopic (exact) mass is 317 g/mol. The minimum atomic E-state index is -0.311. The number of halogens is 1. The standard InChI is InChI=1S/C18H20FNO3/c1-13-3-8-16(17(11-13)22-2)23-10-9-20-18(21)12-14-4-6-15(19)7-5-14/h3-8,11H,9-10,12H2,1-2H3,(H,20,21). The van der Waals surface area contributed by atoms with Crippen LogP contribution in [0.1, 0.15) is 11.1 Å². The molecule has 5 heteroatoms. The lowest BCUT2D eigenvalue weighted by Crippen LogP contribution is -2.29. The molecule has 122 valence electrons. The number of ether oxygens (including phenoxy) is 2. The molecule has 0 spiro atoms. The third-order valence-electron chi connectivity index (χ3n) is 3.28. The smallest absolute Gasteiger partial charge is 0.224 e. The van der Waals surface area contributed by atoms with Crippen molar-refractivity contribution in [2.75, 3.05) is 20.3 Å². The van der Waals surface area contributed by atoms with Crippen molar-refractivity contribution < 1.29 is 18.7 Å². The van der Waals surface area contributed by atoms with E-state index in [1.165, 1.54) is 12.1 Å². The van der Waals surface area contributed by atoms with Crippen LogP contribution in [0, 0.1) is 12.7 Å². The van der Waals surface area contributed by atoms with E-state index in [-0.39, 0.29) is 18.1 Å². The summed E-state index contributed by atoms with van der Waals surface area (Å²) in [7, 11) is 1.59. The molecule has 0 aliphatic heterocycles. The van der Waals surface area contributed by atoms with Crippen LogP contribution in [0.3, 0.4) is 0 Å². The van der Waals surface area contributed by atoms with E-state index in [2.05, 4.69) is 5.32 Å². The van der Waals surface area contributed by atoms with Crippen molar-refractivity contribution >= 4 is 5.91 Å². The van der Waals surface area contributed by atoms with Crippen LogP contribution in [0.2, 0.25) is 0 Å². The molecule has 0 heterocycles. The highest BCUT2D eigenvalue weighted by atomic mass is 19.1. The van der Waals surface area contributed by atoms with Crippen molar-refractivity contribution in [3.05, 3.63) is 59.4 Å². The van der Waals surface area contributed by atoms with Gasteiger partial charge in [-0.1, -0.05) is 18.2 Å². The highest BCUT2D eigenvalue weighted by Gasteiger charge is 2.06. The van der Waals surface area contributed by atoms with Crippen molar-refractivity contribution in [3.8, 4) is 11.5 Å². The summed E-state index contributed by atoms with van der Waals surface area (Å²) in [6.07, 6.45) is 0.216. The normalized spacial score (nSPS) is 10.2. The Morgan fingerprint density at radius 3 is 2.57 bits per heavy atom. The van der Waals surface area contributed by atoms with Crippen LogP contribution in [-0.2, 0) is 11.2 Å². The minimum absolute atomic E-state index is 0.129. The van der Waals surface area contributed by atoms with Gasteiger partial charge in [-0.25, -0.2) is 4.39 Å². The molecule has 2 aromatic rings. The first-order valence-corrected chi connectivity index (χ1v) is 7.37. The van der Waals surface area contributed by atoms with Gasteiger partial charge >= 0.3 is 0 Å². The number of benzene rings is 2. The van der Waals surface area contributed by atoms with Crippen LogP contribution in [-0.4, -0.2) is 26.2 Å². The topological polar surface area (TPSA) is 47.6 Å². The van der Waals surface area contributed by atoms with E-state index in [0.717, 1.165) is 11.1 Å². The summed E-state index contributed by atoms with van der Waals surface area (Å²) in [5.41, 5.74) is 1.85. The molecular weight excluding hydrogens is 297 g/mol. The lowest BCUT2D eigenvalue weighted by atomic mass is 10.1. The molecule has 2 aromatic carbocycles. The second kappa shape index (κ2) is 8.17. The number of carbonyl (C=O) groups is 1. The van der Waals surface area contributed by atoms with Gasteiger partial charge in [-0.15, -0.1) is 0 Å². The molecule has 4 nitrogen and oxygen atoms in total. The summed E-state index contributed by atoms with van der Waals surface area (Å²) in [6.45, 7) is 2.70. The zero-order valence-corrected chi connectivity index (χ0v) is 13.3. The molecule has 0 unspecified atom stereocenters. The summed E-state index contributed by atoms with van der Waals surface area (Å²) in [4.78, 5) is 11.8. The van der Waals surface area contributed by atoms with E-state index in [0.29, 0.717) is 24.7 Å². The molecule has 0 atom stereocenters. The Kier molecular flexibility index (Phi) is 5.97. The number of methoxy groups -OCH3 is 1. The van der Waals surface area contributed by atoms with Gasteiger partial charge in [0.2, 0.25) is 5.91 Å². The van der Waals surface area contributed by atoms with Gasteiger partial charge in [0.1, 0.15) is 12.4 Å². The Morgan fingerprint density at radius 1 is 1.13 bits per heavy atom. The van der Waals surface area contributed by atoms with Gasteiger partial charge in [0, 0.05) is 0 Å². The van der Waals surface area contributed by atoms with Gasteiger partial charge in [0.15, 0.2) is 11.5 Å². The van der Waals surface area contributed by atoms with Gasteiger partial charge in [-0.05, 0) is 42.3 Å². The molecule has 2 rings (SSSR count). The molecule has 0 radical (unpaired) electrons. The fraction of sp³-hybridized carbons (Fsp3) is 0.278. The summed E-state index contributed by atoms with van der Waals surface area (Å²) in [6, 6.07) is 11.6. The van der Waals surface area contributed by atoms with E-state index in [4.69, 9.17) is 9.47 Å². The first kappa shape index (κ1) is 16.8. The molecule has 0 aliphatic rings. The molecule has 0 bridgehead atoms. The quantitative estimate of drug-likeness (QED) is 0.799. The van der Waals surface area contributed by atoms with E-state index < -0.39 is 0 Å². The van der Waals surface area contributed by atoms with E-state index >= 15 is 0 Å². The van der Waals surface area contributed by atoms with Crippen molar-refractivity contribution in [1.82, 2.24) is 5.32 Å². The molecule has 0 saturated heterocycles. The lowest BCUT2D eigenvalue weighted by molar-refractivity contribution is -0.120. The Bertz CT molecular complexity index is 656. The van der Waals surface area contributed by atoms with Gasteiger partial charge < -0.3 is 14.8 Å². The summed E-state index contributed by atoms with van der Waals surface area (Å²) in [5, 5.41) is 2.77. The first-order valence-electron chi connectivity index (χ1n) is 7.37. The Balaban J connectivity index is 1.74. The number of rotatable bonds is 7. The molecular formula is C18H20FNO3.